The van der Waals surface area contributed by atoms with Gasteiger partial charge in [0.05, 0.1) is 26.6 Å². The highest BCUT2D eigenvalue weighted by atomic mass is 127. The molecular weight excluding hydrogens is 463 g/mol. The summed E-state index contributed by atoms with van der Waals surface area (Å²) in [5.74, 6) is 0.755. The lowest BCUT2D eigenvalue weighted by Gasteiger charge is -2.14. The van der Waals surface area contributed by atoms with E-state index in [0.717, 1.165) is 45.1 Å². The van der Waals surface area contributed by atoms with E-state index in [1.807, 2.05) is 36.4 Å². The second kappa shape index (κ2) is 7.05. The molecule has 0 amide bonds. The van der Waals surface area contributed by atoms with Crippen LogP contribution in [0.15, 0.2) is 47.5 Å². The Morgan fingerprint density at radius 1 is 1.07 bits per heavy atom. The number of halogens is 1. The standard InChI is InChI=1S/C21H21IN6/c1-21(2,3)19-10-18(27-28-19)20-25-16-7-5-13(9-17(16)26-20)12-4-6-15(24-11-22)14(23)8-12/h4-11H,23H2,1-3H3,(H,25,26)(H,27,28). The summed E-state index contributed by atoms with van der Waals surface area (Å²) in [6, 6.07) is 14.1. The maximum Gasteiger partial charge on any atom is 0.159 e. The molecule has 0 atom stereocenters. The van der Waals surface area contributed by atoms with Gasteiger partial charge in [0.15, 0.2) is 5.82 Å². The minimum absolute atomic E-state index is 0.0118. The molecule has 28 heavy (non-hydrogen) atoms. The first-order valence-corrected chi connectivity index (χ1v) is 10.2. The van der Waals surface area contributed by atoms with Gasteiger partial charge in [-0.3, -0.25) is 5.10 Å². The van der Waals surface area contributed by atoms with Gasteiger partial charge in [0.1, 0.15) is 5.69 Å². The summed E-state index contributed by atoms with van der Waals surface area (Å²) in [5.41, 5.74) is 13.4. The van der Waals surface area contributed by atoms with Gasteiger partial charge in [-0.2, -0.15) is 5.10 Å². The number of rotatable bonds is 3. The first-order valence-electron chi connectivity index (χ1n) is 8.94. The van der Waals surface area contributed by atoms with Crippen LogP contribution in [-0.2, 0) is 5.41 Å². The zero-order valence-corrected chi connectivity index (χ0v) is 18.1. The maximum atomic E-state index is 6.13. The number of aromatic amines is 2. The van der Waals surface area contributed by atoms with Crippen LogP contribution in [0.2, 0.25) is 0 Å². The fourth-order valence-corrected chi connectivity index (χ4v) is 3.34. The molecule has 0 aliphatic carbocycles. The highest BCUT2D eigenvalue weighted by molar-refractivity contribution is 14.1. The van der Waals surface area contributed by atoms with Crippen molar-refractivity contribution in [3.05, 3.63) is 48.2 Å². The van der Waals surface area contributed by atoms with Gasteiger partial charge >= 0.3 is 0 Å². The third-order valence-corrected chi connectivity index (χ3v) is 4.94. The predicted octanol–water partition coefficient (Wildman–Crippen LogP) is 5.59. The Kier molecular flexibility index (Phi) is 4.70. The van der Waals surface area contributed by atoms with Gasteiger partial charge in [0.25, 0.3) is 0 Å². The van der Waals surface area contributed by atoms with Crippen molar-refractivity contribution in [2.75, 3.05) is 5.73 Å². The molecule has 0 aliphatic heterocycles. The number of benzene rings is 2. The molecule has 0 radical (unpaired) electrons. The van der Waals surface area contributed by atoms with Crippen molar-refractivity contribution < 1.29 is 0 Å². The lowest BCUT2D eigenvalue weighted by molar-refractivity contribution is 0.567. The summed E-state index contributed by atoms with van der Waals surface area (Å²) in [5, 5.41) is 7.53. The average Bonchev–Trinajstić information content (AvgIpc) is 3.29. The normalized spacial score (nSPS) is 12.3. The Morgan fingerprint density at radius 2 is 1.82 bits per heavy atom. The Morgan fingerprint density at radius 3 is 2.50 bits per heavy atom. The molecule has 4 aromatic rings. The number of hydrogen-bond donors (Lipinski definition) is 3. The molecule has 0 spiro atoms. The van der Waals surface area contributed by atoms with Crippen LogP contribution in [0.3, 0.4) is 0 Å². The maximum absolute atomic E-state index is 6.13. The van der Waals surface area contributed by atoms with E-state index in [1.54, 1.807) is 4.22 Å². The summed E-state index contributed by atoms with van der Waals surface area (Å²) < 4.78 is 1.71. The van der Waals surface area contributed by atoms with E-state index in [9.17, 15) is 0 Å². The number of H-pyrrole nitrogens is 2. The number of aromatic nitrogens is 4. The van der Waals surface area contributed by atoms with Crippen molar-refractivity contribution in [3.8, 4) is 22.6 Å². The van der Waals surface area contributed by atoms with Crippen LogP contribution in [0.4, 0.5) is 11.4 Å². The highest BCUT2D eigenvalue weighted by Gasteiger charge is 2.18. The molecule has 4 rings (SSSR count). The summed E-state index contributed by atoms with van der Waals surface area (Å²) in [7, 11) is 0. The number of nitrogens with two attached hydrogens (primary N) is 1. The van der Waals surface area contributed by atoms with Crippen molar-refractivity contribution in [2.45, 2.75) is 26.2 Å². The van der Waals surface area contributed by atoms with Gasteiger partial charge in [-0.1, -0.05) is 32.9 Å². The summed E-state index contributed by atoms with van der Waals surface area (Å²) >= 11 is 2.08. The molecule has 0 unspecified atom stereocenters. The SMILES string of the molecule is CC(C)(C)c1cc(-c2nc3ccc(-c4ccc(N=CI)c(N)c4)cc3[nH]2)n[nH]1. The van der Waals surface area contributed by atoms with Gasteiger partial charge in [0, 0.05) is 11.1 Å². The van der Waals surface area contributed by atoms with Crippen LogP contribution >= 0.6 is 22.6 Å². The van der Waals surface area contributed by atoms with Crippen LogP contribution in [0.1, 0.15) is 26.5 Å². The third kappa shape index (κ3) is 3.54. The van der Waals surface area contributed by atoms with Gasteiger partial charge in [-0.25, -0.2) is 9.98 Å². The van der Waals surface area contributed by atoms with Crippen molar-refractivity contribution in [1.29, 1.82) is 0 Å². The number of nitrogens with zero attached hydrogens (tertiary/aromatic N) is 3. The molecule has 4 N–H and O–H groups in total. The largest absolute Gasteiger partial charge is 0.397 e. The van der Waals surface area contributed by atoms with E-state index in [4.69, 9.17) is 5.73 Å². The number of imidazole rings is 1. The Balaban J connectivity index is 1.71. The fourth-order valence-electron chi connectivity index (χ4n) is 3.04. The first kappa shape index (κ1) is 18.7. The van der Waals surface area contributed by atoms with E-state index in [-0.39, 0.29) is 5.41 Å². The second-order valence-corrected chi connectivity index (χ2v) is 8.29. The van der Waals surface area contributed by atoms with Gasteiger partial charge in [0.2, 0.25) is 0 Å². The Hall–Kier alpha value is -2.68. The highest BCUT2D eigenvalue weighted by Crippen LogP contribution is 2.31. The lowest BCUT2D eigenvalue weighted by atomic mass is 9.92. The van der Waals surface area contributed by atoms with Gasteiger partial charge in [-0.05, 0) is 64.0 Å². The zero-order valence-electron chi connectivity index (χ0n) is 15.9. The van der Waals surface area contributed by atoms with E-state index in [0.29, 0.717) is 5.69 Å². The predicted molar refractivity (Wildman–Crippen MR) is 124 cm³/mol. The molecule has 0 saturated carbocycles. The smallest absolute Gasteiger partial charge is 0.159 e. The molecule has 7 heteroatoms. The van der Waals surface area contributed by atoms with Crippen molar-refractivity contribution in [2.24, 2.45) is 4.99 Å². The molecule has 0 aliphatic rings. The summed E-state index contributed by atoms with van der Waals surface area (Å²) in [6.45, 7) is 6.45. The van der Waals surface area contributed by atoms with Crippen molar-refractivity contribution in [3.63, 3.8) is 0 Å². The molecule has 2 heterocycles. The van der Waals surface area contributed by atoms with Gasteiger partial charge < -0.3 is 10.7 Å². The molecule has 6 nitrogen and oxygen atoms in total. The average molecular weight is 484 g/mol. The number of aliphatic imine (C=N–C) groups is 1. The number of fused-ring (bicyclic) bond motifs is 1. The fraction of sp³-hybridized carbons (Fsp3) is 0.190. The molecule has 0 fully saturated rings. The summed E-state index contributed by atoms with van der Waals surface area (Å²) in [6.07, 6.45) is 0. The van der Waals surface area contributed by atoms with E-state index < -0.39 is 0 Å². The van der Waals surface area contributed by atoms with Crippen molar-refractivity contribution in [1.82, 2.24) is 20.2 Å². The Bertz CT molecular complexity index is 1180. The van der Waals surface area contributed by atoms with Crippen molar-refractivity contribution >= 4 is 49.2 Å². The van der Waals surface area contributed by atoms with E-state index in [1.165, 1.54) is 0 Å². The molecule has 2 aromatic heterocycles. The van der Waals surface area contributed by atoms with Gasteiger partial charge in [-0.15, -0.1) is 0 Å². The lowest BCUT2D eigenvalue weighted by Crippen LogP contribution is -2.11. The van der Waals surface area contributed by atoms with Crippen LogP contribution in [0.5, 0.6) is 0 Å². The van der Waals surface area contributed by atoms with E-state index >= 15 is 0 Å². The van der Waals surface area contributed by atoms with Crippen LogP contribution in [0.25, 0.3) is 33.7 Å². The Labute approximate surface area is 176 Å². The monoisotopic (exact) mass is 484 g/mol. The number of nitrogens with one attached hydrogen (secondary N) is 2. The number of hydrogen-bond acceptors (Lipinski definition) is 4. The van der Waals surface area contributed by atoms with Crippen LogP contribution < -0.4 is 5.73 Å². The van der Waals surface area contributed by atoms with Crippen LogP contribution in [-0.4, -0.2) is 24.4 Å². The second-order valence-electron chi connectivity index (χ2n) is 7.73. The third-order valence-electron chi connectivity index (χ3n) is 4.66. The minimum atomic E-state index is 0.0118. The first-order chi connectivity index (χ1) is 13.3. The minimum Gasteiger partial charge on any atom is -0.397 e. The molecular formula is C21H21IN6. The molecule has 2 aromatic carbocycles. The van der Waals surface area contributed by atoms with E-state index in [2.05, 4.69) is 74.6 Å². The topological polar surface area (TPSA) is 95.7 Å². The molecule has 0 bridgehead atoms. The van der Waals surface area contributed by atoms with Crippen LogP contribution in [0, 0.1) is 0 Å². The quantitative estimate of drug-likeness (QED) is 0.201. The number of nitrogen functional groups attached to an aromatic ring is 1. The zero-order chi connectivity index (χ0) is 19.9. The molecule has 142 valence electrons. The summed E-state index contributed by atoms with van der Waals surface area (Å²) in [4.78, 5) is 12.3. The molecule has 0 saturated heterocycles. The number of anilines is 1.